The topological polar surface area (TPSA) is 63.5 Å². The van der Waals surface area contributed by atoms with Gasteiger partial charge in [-0.3, -0.25) is 14.9 Å². The third-order valence-electron chi connectivity index (χ3n) is 3.08. The Balaban J connectivity index is 2.51. The van der Waals surface area contributed by atoms with E-state index in [1.807, 2.05) is 30.3 Å². The molecular weight excluding hydrogens is 256 g/mol. The Labute approximate surface area is 116 Å². The molecule has 0 saturated heterocycles. The van der Waals surface area contributed by atoms with Crippen LogP contribution in [0, 0.1) is 10.1 Å². The van der Waals surface area contributed by atoms with Crippen LogP contribution in [0.4, 0.5) is 17.1 Å². The van der Waals surface area contributed by atoms with Crippen LogP contribution in [-0.4, -0.2) is 17.8 Å². The standard InChI is InChI=1S/C15H14N2O3/c1-11(18)12-8-9-14(15(10-12)17(19)20)16(2)13-6-4-3-5-7-13/h3-10H,1-2H3. The number of carbonyl (C=O) groups excluding carboxylic acids is 1. The SMILES string of the molecule is CC(=O)c1ccc(N(C)c2ccccc2)c([N+](=O)[O-])c1. The molecule has 0 aliphatic rings. The fourth-order valence-corrected chi connectivity index (χ4v) is 1.96. The molecule has 5 nitrogen and oxygen atoms in total. The van der Waals surface area contributed by atoms with Crippen LogP contribution in [0.15, 0.2) is 48.5 Å². The molecule has 5 heteroatoms. The summed E-state index contributed by atoms with van der Waals surface area (Å²) in [7, 11) is 1.76. The molecule has 0 aliphatic carbocycles. The largest absolute Gasteiger partial charge is 0.339 e. The van der Waals surface area contributed by atoms with Gasteiger partial charge in [0.15, 0.2) is 5.78 Å². The van der Waals surface area contributed by atoms with Crippen LogP contribution in [0.1, 0.15) is 17.3 Å². The van der Waals surface area contributed by atoms with Crippen LogP contribution in [0.3, 0.4) is 0 Å². The van der Waals surface area contributed by atoms with E-state index < -0.39 is 4.92 Å². The number of para-hydroxylation sites is 1. The predicted octanol–water partition coefficient (Wildman–Crippen LogP) is 3.57. The van der Waals surface area contributed by atoms with E-state index in [0.29, 0.717) is 11.3 Å². The second-order valence-corrected chi connectivity index (χ2v) is 4.41. The zero-order chi connectivity index (χ0) is 14.7. The van der Waals surface area contributed by atoms with E-state index in [4.69, 9.17) is 0 Å². The number of ketones is 1. The zero-order valence-corrected chi connectivity index (χ0v) is 11.2. The third-order valence-corrected chi connectivity index (χ3v) is 3.08. The molecule has 102 valence electrons. The number of hydrogen-bond donors (Lipinski definition) is 0. The van der Waals surface area contributed by atoms with Crippen LogP contribution in [0.25, 0.3) is 0 Å². The third kappa shape index (κ3) is 2.66. The van der Waals surface area contributed by atoms with E-state index in [1.165, 1.54) is 13.0 Å². The highest BCUT2D eigenvalue weighted by molar-refractivity contribution is 5.95. The van der Waals surface area contributed by atoms with Crippen LogP contribution in [-0.2, 0) is 0 Å². The van der Waals surface area contributed by atoms with Gasteiger partial charge in [-0.15, -0.1) is 0 Å². The molecule has 0 spiro atoms. The number of hydrogen-bond acceptors (Lipinski definition) is 4. The summed E-state index contributed by atoms with van der Waals surface area (Å²) in [4.78, 5) is 23.8. The Morgan fingerprint density at radius 1 is 1.15 bits per heavy atom. The number of rotatable bonds is 4. The Morgan fingerprint density at radius 3 is 2.35 bits per heavy atom. The number of Topliss-reactive ketones (excluding diaryl/α,β-unsaturated/α-hetero) is 1. The van der Waals surface area contributed by atoms with Gasteiger partial charge in [-0.2, -0.15) is 0 Å². The number of carbonyl (C=O) groups is 1. The monoisotopic (exact) mass is 270 g/mol. The van der Waals surface area contributed by atoms with Crippen LogP contribution >= 0.6 is 0 Å². The molecule has 0 amide bonds. The van der Waals surface area contributed by atoms with Gasteiger partial charge in [0.2, 0.25) is 0 Å². The van der Waals surface area contributed by atoms with Gasteiger partial charge in [0, 0.05) is 24.4 Å². The molecule has 0 heterocycles. The van der Waals surface area contributed by atoms with E-state index in [1.54, 1.807) is 24.1 Å². The van der Waals surface area contributed by atoms with Crippen LogP contribution in [0.5, 0.6) is 0 Å². The van der Waals surface area contributed by atoms with Gasteiger partial charge in [-0.05, 0) is 31.2 Å². The minimum atomic E-state index is -0.471. The van der Waals surface area contributed by atoms with Gasteiger partial charge in [0.05, 0.1) is 4.92 Å². The predicted molar refractivity (Wildman–Crippen MR) is 77.6 cm³/mol. The summed E-state index contributed by atoms with van der Waals surface area (Å²) >= 11 is 0. The zero-order valence-electron chi connectivity index (χ0n) is 11.2. The molecule has 0 fully saturated rings. The fraction of sp³-hybridized carbons (Fsp3) is 0.133. The molecule has 20 heavy (non-hydrogen) atoms. The highest BCUT2D eigenvalue weighted by Crippen LogP contribution is 2.33. The van der Waals surface area contributed by atoms with Gasteiger partial charge in [0.1, 0.15) is 5.69 Å². The van der Waals surface area contributed by atoms with Crippen molar-refractivity contribution in [3.63, 3.8) is 0 Å². The first-order chi connectivity index (χ1) is 9.50. The summed E-state index contributed by atoms with van der Waals surface area (Å²) in [6, 6.07) is 13.8. The van der Waals surface area contributed by atoms with Crippen molar-refractivity contribution in [1.29, 1.82) is 0 Å². The average molecular weight is 270 g/mol. The maximum absolute atomic E-state index is 11.3. The molecule has 2 aromatic rings. The lowest BCUT2D eigenvalue weighted by molar-refractivity contribution is -0.384. The minimum absolute atomic E-state index is 0.0796. The van der Waals surface area contributed by atoms with Crippen molar-refractivity contribution < 1.29 is 9.72 Å². The Bertz CT molecular complexity index is 653. The van der Waals surface area contributed by atoms with Crippen LogP contribution in [0.2, 0.25) is 0 Å². The normalized spacial score (nSPS) is 10.1. The molecule has 0 bridgehead atoms. The van der Waals surface area contributed by atoms with Gasteiger partial charge in [0.25, 0.3) is 5.69 Å². The minimum Gasteiger partial charge on any atom is -0.339 e. The van der Waals surface area contributed by atoms with E-state index >= 15 is 0 Å². The molecule has 2 aromatic carbocycles. The van der Waals surface area contributed by atoms with Crippen molar-refractivity contribution in [2.45, 2.75) is 6.92 Å². The molecular formula is C15H14N2O3. The van der Waals surface area contributed by atoms with E-state index in [0.717, 1.165) is 5.69 Å². The summed E-state index contributed by atoms with van der Waals surface area (Å²) in [6.45, 7) is 1.39. The van der Waals surface area contributed by atoms with Gasteiger partial charge in [-0.1, -0.05) is 18.2 Å². The molecule has 0 saturated carbocycles. The number of nitro benzene ring substituents is 1. The van der Waals surface area contributed by atoms with Gasteiger partial charge < -0.3 is 4.90 Å². The molecule has 0 atom stereocenters. The second kappa shape index (κ2) is 5.52. The quantitative estimate of drug-likeness (QED) is 0.484. The van der Waals surface area contributed by atoms with Crippen LogP contribution < -0.4 is 4.90 Å². The summed E-state index contributed by atoms with van der Waals surface area (Å²) in [5, 5.41) is 11.2. The molecule has 0 aliphatic heterocycles. The maximum Gasteiger partial charge on any atom is 0.293 e. The Hall–Kier alpha value is -2.69. The Morgan fingerprint density at radius 2 is 1.80 bits per heavy atom. The molecule has 0 N–H and O–H groups in total. The number of benzene rings is 2. The number of nitro groups is 1. The summed E-state index contributed by atoms with van der Waals surface area (Å²) in [5.74, 6) is -0.193. The lowest BCUT2D eigenvalue weighted by atomic mass is 10.1. The average Bonchev–Trinajstić information content (AvgIpc) is 2.46. The van der Waals surface area contributed by atoms with E-state index in [-0.39, 0.29) is 11.5 Å². The van der Waals surface area contributed by atoms with E-state index in [2.05, 4.69) is 0 Å². The fourth-order valence-electron chi connectivity index (χ4n) is 1.96. The van der Waals surface area contributed by atoms with Crippen molar-refractivity contribution in [1.82, 2.24) is 0 Å². The number of anilines is 2. The first-order valence-electron chi connectivity index (χ1n) is 6.09. The Kier molecular flexibility index (Phi) is 3.79. The van der Waals surface area contributed by atoms with Crippen molar-refractivity contribution in [3.05, 3.63) is 64.2 Å². The van der Waals surface area contributed by atoms with Crippen molar-refractivity contribution in [2.75, 3.05) is 11.9 Å². The molecule has 0 radical (unpaired) electrons. The maximum atomic E-state index is 11.3. The summed E-state index contributed by atoms with van der Waals surface area (Å²) < 4.78 is 0. The van der Waals surface area contributed by atoms with Crippen molar-refractivity contribution >= 4 is 22.8 Å². The lowest BCUT2D eigenvalue weighted by Gasteiger charge is -2.19. The van der Waals surface area contributed by atoms with E-state index in [9.17, 15) is 14.9 Å². The molecule has 2 rings (SSSR count). The van der Waals surface area contributed by atoms with Crippen molar-refractivity contribution in [3.8, 4) is 0 Å². The smallest absolute Gasteiger partial charge is 0.293 e. The number of nitrogens with zero attached hydrogens (tertiary/aromatic N) is 2. The second-order valence-electron chi connectivity index (χ2n) is 4.41. The summed E-state index contributed by atoms with van der Waals surface area (Å²) in [5.41, 5.74) is 1.54. The van der Waals surface area contributed by atoms with Gasteiger partial charge >= 0.3 is 0 Å². The molecule has 0 unspecified atom stereocenters. The lowest BCUT2D eigenvalue weighted by Crippen LogP contribution is -2.12. The highest BCUT2D eigenvalue weighted by atomic mass is 16.6. The summed E-state index contributed by atoms with van der Waals surface area (Å²) in [6.07, 6.45) is 0. The van der Waals surface area contributed by atoms with Gasteiger partial charge in [-0.25, -0.2) is 0 Å². The molecule has 0 aromatic heterocycles. The first-order valence-corrected chi connectivity index (χ1v) is 6.09. The van der Waals surface area contributed by atoms with Crippen molar-refractivity contribution in [2.24, 2.45) is 0 Å². The first kappa shape index (κ1) is 13.7. The highest BCUT2D eigenvalue weighted by Gasteiger charge is 2.19.